The summed E-state index contributed by atoms with van der Waals surface area (Å²) in [5.74, 6) is 1.55. The Hall–Kier alpha value is -0.570. The number of halogens is 1. The highest BCUT2D eigenvalue weighted by Gasteiger charge is 2.17. The normalized spacial score (nSPS) is 14.9. The molecule has 0 spiro atoms. The summed E-state index contributed by atoms with van der Waals surface area (Å²) in [6, 6.07) is 0. The predicted octanol–water partition coefficient (Wildman–Crippen LogP) is 2.67. The SMILES string of the molecule is CCCCOCCCNC(=NC)NCCNC(=O)CC1CCCC1.I. The summed E-state index contributed by atoms with van der Waals surface area (Å²) in [4.78, 5) is 16.0. The van der Waals surface area contributed by atoms with Crippen LogP contribution in [0.15, 0.2) is 4.99 Å². The molecule has 0 aliphatic heterocycles. The third kappa shape index (κ3) is 13.3. The highest BCUT2D eigenvalue weighted by Crippen LogP contribution is 2.27. The lowest BCUT2D eigenvalue weighted by Crippen LogP contribution is -2.42. The van der Waals surface area contributed by atoms with E-state index in [9.17, 15) is 4.79 Å². The van der Waals surface area contributed by atoms with Gasteiger partial charge in [-0.25, -0.2) is 0 Å². The molecule has 1 aliphatic rings. The third-order valence-electron chi connectivity index (χ3n) is 4.31. The van der Waals surface area contributed by atoms with Crippen molar-refractivity contribution >= 4 is 35.8 Å². The number of ether oxygens (including phenoxy) is 1. The van der Waals surface area contributed by atoms with Gasteiger partial charge in [-0.15, -0.1) is 24.0 Å². The molecule has 1 aliphatic carbocycles. The first-order valence-electron chi connectivity index (χ1n) is 9.55. The van der Waals surface area contributed by atoms with Crippen LogP contribution in [0.2, 0.25) is 0 Å². The fourth-order valence-corrected chi connectivity index (χ4v) is 2.88. The standard InChI is InChI=1S/C18H36N4O2.HI/c1-3-4-13-24-14-7-10-21-18(19-2)22-12-11-20-17(23)15-16-8-5-6-9-16;/h16H,3-15H2,1-2H3,(H,20,23)(H2,19,21,22);1H. The topological polar surface area (TPSA) is 74.8 Å². The molecule has 148 valence electrons. The number of nitrogens with one attached hydrogen (secondary N) is 3. The lowest BCUT2D eigenvalue weighted by Gasteiger charge is -2.13. The Morgan fingerprint density at radius 2 is 1.68 bits per heavy atom. The fraction of sp³-hybridized carbons (Fsp3) is 0.889. The molecule has 0 heterocycles. The van der Waals surface area contributed by atoms with E-state index in [1.807, 2.05) is 0 Å². The summed E-state index contributed by atoms with van der Waals surface area (Å²) in [5, 5.41) is 9.45. The van der Waals surface area contributed by atoms with E-state index in [1.54, 1.807) is 7.05 Å². The Bertz CT molecular complexity index is 361. The summed E-state index contributed by atoms with van der Waals surface area (Å²) in [6.07, 6.45) is 8.94. The number of amides is 1. The van der Waals surface area contributed by atoms with Gasteiger partial charge in [-0.05, 0) is 31.6 Å². The number of carbonyl (C=O) groups is 1. The molecule has 0 radical (unpaired) electrons. The van der Waals surface area contributed by atoms with Gasteiger partial charge in [0.05, 0.1) is 0 Å². The number of aliphatic imine (C=N–C) groups is 1. The Balaban J connectivity index is 0.00000576. The third-order valence-corrected chi connectivity index (χ3v) is 4.31. The average Bonchev–Trinajstić information content (AvgIpc) is 3.08. The van der Waals surface area contributed by atoms with Crippen molar-refractivity contribution in [2.75, 3.05) is 39.9 Å². The maximum absolute atomic E-state index is 11.8. The van der Waals surface area contributed by atoms with E-state index in [2.05, 4.69) is 27.9 Å². The number of rotatable bonds is 12. The molecule has 6 nitrogen and oxygen atoms in total. The molecule has 1 fully saturated rings. The minimum absolute atomic E-state index is 0. The van der Waals surface area contributed by atoms with E-state index in [0.29, 0.717) is 25.4 Å². The molecule has 0 saturated heterocycles. The van der Waals surface area contributed by atoms with Gasteiger partial charge in [0.1, 0.15) is 0 Å². The lowest BCUT2D eigenvalue weighted by atomic mass is 10.0. The molecule has 0 bridgehead atoms. The average molecular weight is 468 g/mol. The van der Waals surface area contributed by atoms with Crippen LogP contribution in [0.4, 0.5) is 0 Å². The van der Waals surface area contributed by atoms with E-state index in [0.717, 1.165) is 38.6 Å². The molecule has 0 aromatic heterocycles. The smallest absolute Gasteiger partial charge is 0.220 e. The van der Waals surface area contributed by atoms with Gasteiger partial charge in [0.25, 0.3) is 0 Å². The van der Waals surface area contributed by atoms with Crippen molar-refractivity contribution in [2.45, 2.75) is 58.3 Å². The van der Waals surface area contributed by atoms with Gasteiger partial charge < -0.3 is 20.7 Å². The van der Waals surface area contributed by atoms with Crippen molar-refractivity contribution in [2.24, 2.45) is 10.9 Å². The van der Waals surface area contributed by atoms with Gasteiger partial charge in [-0.1, -0.05) is 26.2 Å². The van der Waals surface area contributed by atoms with Crippen molar-refractivity contribution in [1.82, 2.24) is 16.0 Å². The number of unbranched alkanes of at least 4 members (excludes halogenated alkanes) is 1. The van der Waals surface area contributed by atoms with Crippen LogP contribution in [0.25, 0.3) is 0 Å². The van der Waals surface area contributed by atoms with Crippen molar-refractivity contribution in [3.8, 4) is 0 Å². The van der Waals surface area contributed by atoms with Crippen molar-refractivity contribution in [1.29, 1.82) is 0 Å². The second kappa shape index (κ2) is 16.9. The van der Waals surface area contributed by atoms with Crippen LogP contribution < -0.4 is 16.0 Å². The molecular formula is C18H37IN4O2. The molecule has 3 N–H and O–H groups in total. The van der Waals surface area contributed by atoms with Gasteiger partial charge in [-0.2, -0.15) is 0 Å². The van der Waals surface area contributed by atoms with Gasteiger partial charge in [-0.3, -0.25) is 9.79 Å². The monoisotopic (exact) mass is 468 g/mol. The van der Waals surface area contributed by atoms with E-state index in [1.165, 1.54) is 32.1 Å². The Morgan fingerprint density at radius 3 is 2.36 bits per heavy atom. The summed E-state index contributed by atoms with van der Waals surface area (Å²) in [7, 11) is 1.76. The van der Waals surface area contributed by atoms with Crippen molar-refractivity contribution < 1.29 is 9.53 Å². The number of hydrogen-bond donors (Lipinski definition) is 3. The van der Waals surface area contributed by atoms with Crippen LogP contribution in [-0.2, 0) is 9.53 Å². The maximum Gasteiger partial charge on any atom is 0.220 e. The van der Waals surface area contributed by atoms with E-state index in [-0.39, 0.29) is 29.9 Å². The summed E-state index contributed by atoms with van der Waals surface area (Å²) in [5.41, 5.74) is 0. The molecule has 1 amide bonds. The zero-order valence-corrected chi connectivity index (χ0v) is 18.3. The molecular weight excluding hydrogens is 431 g/mol. The van der Waals surface area contributed by atoms with Gasteiger partial charge in [0.2, 0.25) is 5.91 Å². The van der Waals surface area contributed by atoms with Gasteiger partial charge in [0, 0.05) is 46.3 Å². The molecule has 0 atom stereocenters. The molecule has 0 aromatic rings. The van der Waals surface area contributed by atoms with Crippen LogP contribution in [0.5, 0.6) is 0 Å². The molecule has 1 saturated carbocycles. The summed E-state index contributed by atoms with van der Waals surface area (Å²) >= 11 is 0. The quantitative estimate of drug-likeness (QED) is 0.178. The Labute approximate surface area is 170 Å². The van der Waals surface area contributed by atoms with Crippen LogP contribution >= 0.6 is 24.0 Å². The molecule has 7 heteroatoms. The Morgan fingerprint density at radius 1 is 1.04 bits per heavy atom. The number of hydrogen-bond acceptors (Lipinski definition) is 3. The van der Waals surface area contributed by atoms with Crippen LogP contribution in [-0.4, -0.2) is 51.8 Å². The molecule has 1 rings (SSSR count). The predicted molar refractivity (Wildman–Crippen MR) is 115 cm³/mol. The van der Waals surface area contributed by atoms with E-state index >= 15 is 0 Å². The summed E-state index contributed by atoms with van der Waals surface area (Å²) in [6.45, 7) is 5.94. The Kier molecular flexibility index (Phi) is 16.5. The van der Waals surface area contributed by atoms with Crippen LogP contribution in [0.1, 0.15) is 58.3 Å². The highest BCUT2D eigenvalue weighted by molar-refractivity contribution is 14.0. The maximum atomic E-state index is 11.8. The molecule has 25 heavy (non-hydrogen) atoms. The number of guanidine groups is 1. The first kappa shape index (κ1) is 24.4. The van der Waals surface area contributed by atoms with Crippen molar-refractivity contribution in [3.05, 3.63) is 0 Å². The molecule has 0 aromatic carbocycles. The number of nitrogens with zero attached hydrogens (tertiary/aromatic N) is 1. The van der Waals surface area contributed by atoms with Crippen molar-refractivity contribution in [3.63, 3.8) is 0 Å². The van der Waals surface area contributed by atoms with E-state index in [4.69, 9.17) is 4.74 Å². The zero-order chi connectivity index (χ0) is 17.5. The van der Waals surface area contributed by atoms with E-state index < -0.39 is 0 Å². The minimum atomic E-state index is 0. The first-order chi connectivity index (χ1) is 11.8. The van der Waals surface area contributed by atoms with Gasteiger partial charge >= 0.3 is 0 Å². The minimum Gasteiger partial charge on any atom is -0.381 e. The van der Waals surface area contributed by atoms with Gasteiger partial charge in [0.15, 0.2) is 5.96 Å². The first-order valence-corrected chi connectivity index (χ1v) is 9.55. The zero-order valence-electron chi connectivity index (χ0n) is 15.9. The lowest BCUT2D eigenvalue weighted by molar-refractivity contribution is -0.121. The second-order valence-electron chi connectivity index (χ2n) is 6.45. The second-order valence-corrected chi connectivity index (χ2v) is 6.45. The summed E-state index contributed by atoms with van der Waals surface area (Å²) < 4.78 is 5.52. The fourth-order valence-electron chi connectivity index (χ4n) is 2.88. The van der Waals surface area contributed by atoms with Crippen LogP contribution in [0.3, 0.4) is 0 Å². The highest BCUT2D eigenvalue weighted by atomic mass is 127. The van der Waals surface area contributed by atoms with Crippen LogP contribution in [0, 0.1) is 5.92 Å². The molecule has 0 unspecified atom stereocenters. The largest absolute Gasteiger partial charge is 0.381 e. The number of carbonyl (C=O) groups excluding carboxylic acids is 1.